The Labute approximate surface area is 116 Å². The predicted molar refractivity (Wildman–Crippen MR) is 74.4 cm³/mol. The Morgan fingerprint density at radius 3 is 2.47 bits per heavy atom. The Balaban J connectivity index is 1.82. The summed E-state index contributed by atoms with van der Waals surface area (Å²) >= 11 is 6.16. The minimum Gasteiger partial charge on any atom is -0.508 e. The number of phenolic OH excluding ortho intramolecular Hbond substituents is 1. The number of hydrogen-bond acceptors (Lipinski definition) is 2. The number of aromatic hydroxyl groups is 1. The lowest BCUT2D eigenvalue weighted by Crippen LogP contribution is -1.86. The molecule has 3 heteroatoms. The summed E-state index contributed by atoms with van der Waals surface area (Å²) in [6.45, 7) is 0. The van der Waals surface area contributed by atoms with Crippen LogP contribution in [0.5, 0.6) is 5.75 Å². The van der Waals surface area contributed by atoms with Gasteiger partial charge in [-0.25, -0.2) is 0 Å². The number of phenols is 1. The molecule has 0 bridgehead atoms. The first kappa shape index (κ1) is 12.1. The van der Waals surface area contributed by atoms with Gasteiger partial charge in [0.2, 0.25) is 0 Å². The average Bonchev–Trinajstić information content (AvgIpc) is 3.19. The zero-order valence-corrected chi connectivity index (χ0v) is 10.9. The van der Waals surface area contributed by atoms with Crippen molar-refractivity contribution >= 4 is 11.6 Å². The van der Waals surface area contributed by atoms with E-state index in [2.05, 4.69) is 6.07 Å². The third kappa shape index (κ3) is 2.30. The van der Waals surface area contributed by atoms with Crippen LogP contribution in [0.25, 0.3) is 0 Å². The van der Waals surface area contributed by atoms with E-state index in [-0.39, 0.29) is 5.75 Å². The van der Waals surface area contributed by atoms with E-state index in [0.29, 0.717) is 22.4 Å². The van der Waals surface area contributed by atoms with Gasteiger partial charge in [0.1, 0.15) is 5.75 Å². The van der Waals surface area contributed by atoms with Gasteiger partial charge in [-0.1, -0.05) is 29.8 Å². The van der Waals surface area contributed by atoms with Crippen molar-refractivity contribution < 1.29 is 5.11 Å². The Hall–Kier alpha value is -1.98. The lowest BCUT2D eigenvalue weighted by atomic mass is 10.0. The van der Waals surface area contributed by atoms with Gasteiger partial charge in [0.25, 0.3) is 0 Å². The second-order valence-electron chi connectivity index (χ2n) is 4.89. The molecule has 1 saturated carbocycles. The van der Waals surface area contributed by atoms with Gasteiger partial charge in [-0.05, 0) is 53.6 Å². The van der Waals surface area contributed by atoms with Crippen molar-refractivity contribution in [2.45, 2.75) is 18.3 Å². The van der Waals surface area contributed by atoms with Crippen molar-refractivity contribution in [3.63, 3.8) is 0 Å². The van der Waals surface area contributed by atoms with E-state index in [9.17, 15) is 5.11 Å². The maximum Gasteiger partial charge on any atom is 0.117 e. The quantitative estimate of drug-likeness (QED) is 0.888. The van der Waals surface area contributed by atoms with Gasteiger partial charge in [0, 0.05) is 5.02 Å². The smallest absolute Gasteiger partial charge is 0.117 e. The molecular weight excluding hydrogens is 258 g/mol. The molecule has 3 rings (SSSR count). The van der Waals surface area contributed by atoms with E-state index in [1.165, 1.54) is 5.56 Å². The molecule has 0 spiro atoms. The molecule has 2 aromatic rings. The van der Waals surface area contributed by atoms with Crippen molar-refractivity contribution in [3.05, 3.63) is 64.2 Å². The van der Waals surface area contributed by atoms with Gasteiger partial charge < -0.3 is 5.11 Å². The molecule has 1 fully saturated rings. The highest BCUT2D eigenvalue weighted by molar-refractivity contribution is 6.31. The molecule has 1 aliphatic carbocycles. The SMILES string of the molecule is N#Cc1ccc(C2CC2c2ccc(O)cc2Cl)cc1. The fourth-order valence-corrected chi connectivity index (χ4v) is 2.84. The summed E-state index contributed by atoms with van der Waals surface area (Å²) in [7, 11) is 0. The van der Waals surface area contributed by atoms with Gasteiger partial charge >= 0.3 is 0 Å². The first-order valence-corrected chi connectivity index (χ1v) is 6.55. The van der Waals surface area contributed by atoms with Gasteiger partial charge in [-0.2, -0.15) is 5.26 Å². The molecule has 1 N–H and O–H groups in total. The third-order valence-corrected chi connectivity index (χ3v) is 3.97. The van der Waals surface area contributed by atoms with Crippen molar-refractivity contribution in [2.75, 3.05) is 0 Å². The minimum atomic E-state index is 0.198. The van der Waals surface area contributed by atoms with E-state index in [1.807, 2.05) is 30.3 Å². The van der Waals surface area contributed by atoms with E-state index in [0.717, 1.165) is 12.0 Å². The standard InChI is InChI=1S/C16H12ClNO/c17-16-7-12(19)5-6-13(16)15-8-14(15)11-3-1-10(9-18)2-4-11/h1-7,14-15,19H,8H2. The minimum absolute atomic E-state index is 0.198. The number of nitriles is 1. The van der Waals surface area contributed by atoms with E-state index >= 15 is 0 Å². The molecule has 94 valence electrons. The second-order valence-corrected chi connectivity index (χ2v) is 5.30. The van der Waals surface area contributed by atoms with Crippen molar-refractivity contribution in [1.82, 2.24) is 0 Å². The van der Waals surface area contributed by atoms with Crippen LogP contribution >= 0.6 is 11.6 Å². The van der Waals surface area contributed by atoms with E-state index in [4.69, 9.17) is 16.9 Å². The maximum absolute atomic E-state index is 9.37. The molecule has 0 aromatic heterocycles. The van der Waals surface area contributed by atoms with Crippen molar-refractivity contribution in [2.24, 2.45) is 0 Å². The highest BCUT2D eigenvalue weighted by atomic mass is 35.5. The van der Waals surface area contributed by atoms with Gasteiger partial charge in [-0.3, -0.25) is 0 Å². The molecule has 0 saturated heterocycles. The van der Waals surface area contributed by atoms with Crippen LogP contribution < -0.4 is 0 Å². The third-order valence-electron chi connectivity index (χ3n) is 3.64. The monoisotopic (exact) mass is 269 g/mol. The van der Waals surface area contributed by atoms with Gasteiger partial charge in [0.15, 0.2) is 0 Å². The number of halogens is 1. The molecule has 2 aromatic carbocycles. The lowest BCUT2D eigenvalue weighted by molar-refractivity contribution is 0.475. The summed E-state index contributed by atoms with van der Waals surface area (Å²) in [4.78, 5) is 0. The van der Waals surface area contributed by atoms with Crippen LogP contribution in [0.2, 0.25) is 5.02 Å². The molecule has 0 heterocycles. The highest BCUT2D eigenvalue weighted by Gasteiger charge is 2.40. The molecular formula is C16H12ClNO. The Morgan fingerprint density at radius 2 is 1.84 bits per heavy atom. The van der Waals surface area contributed by atoms with Crippen LogP contribution in [0.3, 0.4) is 0 Å². The predicted octanol–water partition coefficient (Wildman–Crippen LogP) is 4.19. The summed E-state index contributed by atoms with van der Waals surface area (Å²) in [5.41, 5.74) is 3.02. The number of rotatable bonds is 2. The van der Waals surface area contributed by atoms with Crippen LogP contribution in [0.1, 0.15) is 34.9 Å². The van der Waals surface area contributed by atoms with E-state index in [1.54, 1.807) is 12.1 Å². The van der Waals surface area contributed by atoms with Crippen LogP contribution in [-0.2, 0) is 0 Å². The molecule has 0 radical (unpaired) electrons. The van der Waals surface area contributed by atoms with Crippen LogP contribution in [0.4, 0.5) is 0 Å². The molecule has 19 heavy (non-hydrogen) atoms. The summed E-state index contributed by atoms with van der Waals surface area (Å²) in [6.07, 6.45) is 1.07. The molecule has 2 atom stereocenters. The number of benzene rings is 2. The average molecular weight is 270 g/mol. The molecule has 1 aliphatic rings. The highest BCUT2D eigenvalue weighted by Crippen LogP contribution is 2.56. The van der Waals surface area contributed by atoms with E-state index < -0.39 is 0 Å². The second kappa shape index (κ2) is 4.60. The summed E-state index contributed by atoms with van der Waals surface area (Å²) < 4.78 is 0. The fourth-order valence-electron chi connectivity index (χ4n) is 2.53. The topological polar surface area (TPSA) is 44.0 Å². The summed E-state index contributed by atoms with van der Waals surface area (Å²) in [5, 5.41) is 18.8. The number of nitrogens with zero attached hydrogens (tertiary/aromatic N) is 1. The zero-order valence-electron chi connectivity index (χ0n) is 10.2. The zero-order chi connectivity index (χ0) is 13.4. The van der Waals surface area contributed by atoms with Crippen LogP contribution in [0.15, 0.2) is 42.5 Å². The summed E-state index contributed by atoms with van der Waals surface area (Å²) in [5.74, 6) is 1.08. The maximum atomic E-state index is 9.37. The first-order valence-electron chi connectivity index (χ1n) is 6.17. The molecule has 2 nitrogen and oxygen atoms in total. The largest absolute Gasteiger partial charge is 0.508 e. The fraction of sp³-hybridized carbons (Fsp3) is 0.188. The molecule has 0 amide bonds. The molecule has 0 aliphatic heterocycles. The molecule has 2 unspecified atom stereocenters. The number of hydrogen-bond donors (Lipinski definition) is 1. The van der Waals surface area contributed by atoms with Crippen LogP contribution in [-0.4, -0.2) is 5.11 Å². The van der Waals surface area contributed by atoms with Gasteiger partial charge in [0.05, 0.1) is 11.6 Å². The first-order chi connectivity index (χ1) is 9.19. The Morgan fingerprint density at radius 1 is 1.11 bits per heavy atom. The Bertz CT molecular complexity index is 657. The summed E-state index contributed by atoms with van der Waals surface area (Å²) in [6, 6.07) is 15.0. The van der Waals surface area contributed by atoms with Crippen LogP contribution in [0, 0.1) is 11.3 Å². The van der Waals surface area contributed by atoms with Crippen molar-refractivity contribution in [3.8, 4) is 11.8 Å². The van der Waals surface area contributed by atoms with Gasteiger partial charge in [-0.15, -0.1) is 0 Å². The lowest BCUT2D eigenvalue weighted by Gasteiger charge is -2.04. The Kier molecular flexibility index (Phi) is 2.93. The van der Waals surface area contributed by atoms with Crippen molar-refractivity contribution in [1.29, 1.82) is 5.26 Å². The normalized spacial score (nSPS) is 20.8.